The van der Waals surface area contributed by atoms with Crippen molar-refractivity contribution in [3.8, 4) is 0 Å². The van der Waals surface area contributed by atoms with Gasteiger partial charge in [0, 0.05) is 38.3 Å². The van der Waals surface area contributed by atoms with Gasteiger partial charge in [-0.1, -0.05) is 30.3 Å². The lowest BCUT2D eigenvalue weighted by Crippen LogP contribution is -2.35. The molecule has 6 nitrogen and oxygen atoms in total. The Bertz CT molecular complexity index is 912. The second-order valence-corrected chi connectivity index (χ2v) is 7.46. The van der Waals surface area contributed by atoms with E-state index < -0.39 is 11.7 Å². The fourth-order valence-corrected chi connectivity index (χ4v) is 3.84. The molecule has 2 aliphatic heterocycles. The minimum Gasteiger partial charge on any atom is -0.379 e. The van der Waals surface area contributed by atoms with E-state index in [1.54, 1.807) is 6.07 Å². The van der Waals surface area contributed by atoms with Crippen LogP contribution in [-0.4, -0.2) is 43.0 Å². The van der Waals surface area contributed by atoms with Crippen LogP contribution in [0.1, 0.15) is 29.0 Å². The largest absolute Gasteiger partial charge is 0.379 e. The van der Waals surface area contributed by atoms with E-state index in [4.69, 9.17) is 4.74 Å². The van der Waals surface area contributed by atoms with E-state index in [0.717, 1.165) is 38.4 Å². The number of carbonyl (C=O) groups is 2. The molecule has 0 aliphatic carbocycles. The van der Waals surface area contributed by atoms with Gasteiger partial charge in [-0.15, -0.1) is 0 Å². The van der Waals surface area contributed by atoms with Gasteiger partial charge in [0.05, 0.1) is 19.1 Å². The Morgan fingerprint density at radius 3 is 2.79 bits per heavy atom. The first-order valence-corrected chi connectivity index (χ1v) is 9.83. The zero-order valence-electron chi connectivity index (χ0n) is 16.1. The number of anilines is 1. The summed E-state index contributed by atoms with van der Waals surface area (Å²) < 4.78 is 18.8. The second-order valence-electron chi connectivity index (χ2n) is 7.46. The summed E-state index contributed by atoms with van der Waals surface area (Å²) in [6.45, 7) is 4.60. The van der Waals surface area contributed by atoms with E-state index in [2.05, 4.69) is 27.7 Å². The highest BCUT2D eigenvalue weighted by Gasteiger charge is 2.30. The molecule has 0 radical (unpaired) electrons. The summed E-state index contributed by atoms with van der Waals surface area (Å²) in [4.78, 5) is 27.0. The van der Waals surface area contributed by atoms with Crippen LogP contribution in [0.25, 0.3) is 0 Å². The summed E-state index contributed by atoms with van der Waals surface area (Å²) in [6, 6.07) is 12.3. The van der Waals surface area contributed by atoms with Gasteiger partial charge in [-0.3, -0.25) is 14.5 Å². The van der Waals surface area contributed by atoms with Crippen LogP contribution in [-0.2, 0) is 27.4 Å². The standard InChI is InChI=1S/C22H24FN3O3/c23-17-4-5-18-19(12-21(27)25-20(18)11-17)22(28)24-13-15-2-1-3-16(10-15)14-26-6-8-29-9-7-26/h1-5,10-11,19H,6-9,12-14H2,(H,24,28)(H,25,27). The van der Waals surface area contributed by atoms with E-state index in [-0.39, 0.29) is 18.2 Å². The lowest BCUT2D eigenvalue weighted by Gasteiger charge is -2.26. The van der Waals surface area contributed by atoms with Crippen molar-refractivity contribution >= 4 is 17.5 Å². The number of ether oxygens (including phenoxy) is 1. The van der Waals surface area contributed by atoms with Gasteiger partial charge in [-0.25, -0.2) is 4.39 Å². The van der Waals surface area contributed by atoms with Crippen LogP contribution in [0.5, 0.6) is 0 Å². The maximum Gasteiger partial charge on any atom is 0.228 e. The Balaban J connectivity index is 1.40. The van der Waals surface area contributed by atoms with Gasteiger partial charge < -0.3 is 15.4 Å². The van der Waals surface area contributed by atoms with Crippen molar-refractivity contribution in [1.82, 2.24) is 10.2 Å². The first-order valence-electron chi connectivity index (χ1n) is 9.83. The smallest absolute Gasteiger partial charge is 0.228 e. The lowest BCUT2D eigenvalue weighted by atomic mass is 9.89. The molecule has 0 bridgehead atoms. The van der Waals surface area contributed by atoms with Crippen molar-refractivity contribution in [2.24, 2.45) is 0 Å². The molecule has 1 unspecified atom stereocenters. The maximum absolute atomic E-state index is 13.5. The van der Waals surface area contributed by atoms with Crippen molar-refractivity contribution in [1.29, 1.82) is 0 Å². The number of hydrogen-bond acceptors (Lipinski definition) is 4. The highest BCUT2D eigenvalue weighted by atomic mass is 19.1. The Labute approximate surface area is 169 Å². The molecule has 2 heterocycles. The monoisotopic (exact) mass is 397 g/mol. The van der Waals surface area contributed by atoms with Gasteiger partial charge in [-0.2, -0.15) is 0 Å². The number of amides is 2. The van der Waals surface area contributed by atoms with Gasteiger partial charge in [0.2, 0.25) is 11.8 Å². The molecule has 0 aromatic heterocycles. The summed E-state index contributed by atoms with van der Waals surface area (Å²) >= 11 is 0. The van der Waals surface area contributed by atoms with Gasteiger partial charge >= 0.3 is 0 Å². The summed E-state index contributed by atoms with van der Waals surface area (Å²) in [5.74, 6) is -1.57. The number of hydrogen-bond donors (Lipinski definition) is 2. The molecule has 0 spiro atoms. The number of nitrogens with one attached hydrogen (secondary N) is 2. The minimum atomic E-state index is -0.615. The van der Waals surface area contributed by atoms with Crippen LogP contribution in [0.15, 0.2) is 42.5 Å². The molecule has 7 heteroatoms. The molecule has 0 saturated carbocycles. The summed E-state index contributed by atoms with van der Waals surface area (Å²) in [6.07, 6.45) is 0.0571. The summed E-state index contributed by atoms with van der Waals surface area (Å²) in [5, 5.41) is 5.56. The molecule has 1 fully saturated rings. The minimum absolute atomic E-state index is 0.0571. The third-order valence-electron chi connectivity index (χ3n) is 5.34. The number of morpholine rings is 1. The summed E-state index contributed by atoms with van der Waals surface area (Å²) in [5.41, 5.74) is 3.21. The van der Waals surface area contributed by atoms with Crippen molar-refractivity contribution in [2.45, 2.75) is 25.4 Å². The number of rotatable bonds is 5. The molecule has 2 aromatic rings. The quantitative estimate of drug-likeness (QED) is 0.813. The van der Waals surface area contributed by atoms with E-state index >= 15 is 0 Å². The van der Waals surface area contributed by atoms with Crippen molar-refractivity contribution in [3.63, 3.8) is 0 Å². The Morgan fingerprint density at radius 1 is 1.17 bits per heavy atom. The third kappa shape index (κ3) is 4.81. The van der Waals surface area contributed by atoms with Gasteiger partial charge in [0.25, 0.3) is 0 Å². The van der Waals surface area contributed by atoms with Gasteiger partial charge in [-0.05, 0) is 28.8 Å². The van der Waals surface area contributed by atoms with E-state index in [1.807, 2.05) is 12.1 Å². The summed E-state index contributed by atoms with van der Waals surface area (Å²) in [7, 11) is 0. The van der Waals surface area contributed by atoms with Crippen LogP contribution in [0.4, 0.5) is 10.1 Å². The number of fused-ring (bicyclic) bond motifs is 1. The molecular weight excluding hydrogens is 373 g/mol. The first kappa shape index (κ1) is 19.5. The van der Waals surface area contributed by atoms with Crippen molar-refractivity contribution in [2.75, 3.05) is 31.6 Å². The predicted molar refractivity (Wildman–Crippen MR) is 107 cm³/mol. The lowest BCUT2D eigenvalue weighted by molar-refractivity contribution is -0.126. The fourth-order valence-electron chi connectivity index (χ4n) is 3.84. The number of carbonyl (C=O) groups excluding carboxylic acids is 2. The fraction of sp³-hybridized carbons (Fsp3) is 0.364. The average molecular weight is 397 g/mol. The van der Waals surface area contributed by atoms with Crippen molar-refractivity contribution < 1.29 is 18.7 Å². The molecule has 2 aliphatic rings. The van der Waals surface area contributed by atoms with Gasteiger partial charge in [0.1, 0.15) is 5.82 Å². The highest BCUT2D eigenvalue weighted by molar-refractivity contribution is 6.01. The molecule has 152 valence electrons. The van der Waals surface area contributed by atoms with E-state index in [1.165, 1.54) is 17.7 Å². The Kier molecular flexibility index (Phi) is 5.87. The Morgan fingerprint density at radius 2 is 1.97 bits per heavy atom. The first-order chi connectivity index (χ1) is 14.1. The zero-order valence-corrected chi connectivity index (χ0v) is 16.1. The zero-order chi connectivity index (χ0) is 20.2. The van der Waals surface area contributed by atoms with E-state index in [9.17, 15) is 14.0 Å². The maximum atomic E-state index is 13.5. The number of halogens is 1. The third-order valence-corrected chi connectivity index (χ3v) is 5.34. The van der Waals surface area contributed by atoms with Crippen LogP contribution in [0.2, 0.25) is 0 Å². The van der Waals surface area contributed by atoms with Crippen LogP contribution >= 0.6 is 0 Å². The topological polar surface area (TPSA) is 70.7 Å². The highest BCUT2D eigenvalue weighted by Crippen LogP contribution is 2.32. The van der Waals surface area contributed by atoms with E-state index in [0.29, 0.717) is 17.8 Å². The molecule has 1 atom stereocenters. The Hall–Kier alpha value is -2.77. The number of benzene rings is 2. The van der Waals surface area contributed by atoms with Crippen molar-refractivity contribution in [3.05, 3.63) is 65.0 Å². The van der Waals surface area contributed by atoms with Crippen LogP contribution in [0, 0.1) is 5.82 Å². The van der Waals surface area contributed by atoms with Crippen LogP contribution < -0.4 is 10.6 Å². The van der Waals surface area contributed by atoms with Gasteiger partial charge in [0.15, 0.2) is 0 Å². The average Bonchev–Trinajstić information content (AvgIpc) is 2.72. The molecule has 29 heavy (non-hydrogen) atoms. The SMILES string of the molecule is O=C1CC(C(=O)NCc2cccc(CN3CCOCC3)c2)c2ccc(F)cc2N1. The molecule has 1 saturated heterocycles. The normalized spacial score (nSPS) is 19.3. The number of nitrogens with zero attached hydrogens (tertiary/aromatic N) is 1. The molecular formula is C22H24FN3O3. The molecule has 2 N–H and O–H groups in total. The molecule has 2 aromatic carbocycles. The predicted octanol–water partition coefficient (Wildman–Crippen LogP) is 2.40. The molecule has 4 rings (SSSR count). The van der Waals surface area contributed by atoms with Crippen LogP contribution in [0.3, 0.4) is 0 Å². The molecule has 2 amide bonds. The second kappa shape index (κ2) is 8.71.